The SMILES string of the molecule is C1CCOC1.CC(C)(C)[Si](C)([O-])C(C)(C)C.CC(C)(C)[Si](C)([O-])C(C)(C)C.CC(C)(C)[Si](C)([O-])C(C)(C)C.CC(C)(C)[Si](C)([O-])C(C)(C)C.[Cr+3].[Na+]. The first-order valence-corrected chi connectivity index (χ1v) is 28.5. The first kappa shape index (κ1) is 65.1. The standard InChI is InChI=1S/4C9H21OSi.C4H8O.Cr.Na/c4*1-8(2,3)11(7,10)9(4,5)6;1-2-4-5-3-1;;/h4*1-7H3;1-4H2;;/q4*-1;;+3;+1. The van der Waals surface area contributed by atoms with Crippen LogP contribution in [0.1, 0.15) is 179 Å². The molecule has 1 rings (SSSR count). The van der Waals surface area contributed by atoms with Crippen molar-refractivity contribution in [2.45, 2.75) is 246 Å². The maximum absolute atomic E-state index is 12.3. The van der Waals surface area contributed by atoms with Gasteiger partial charge in [-0.2, -0.15) is 0 Å². The summed E-state index contributed by atoms with van der Waals surface area (Å²) in [5, 5.41) is -0.292. The molecule has 1 aliphatic heterocycles. The predicted molar refractivity (Wildman–Crippen MR) is 224 cm³/mol. The van der Waals surface area contributed by atoms with Gasteiger partial charge in [0.05, 0.1) is 0 Å². The molecule has 0 aromatic rings. The minimum atomic E-state index is -2.36. The molecule has 1 radical (unpaired) electrons. The fraction of sp³-hybridized carbons (Fsp3) is 1.00. The van der Waals surface area contributed by atoms with Gasteiger partial charge in [0.1, 0.15) is 0 Å². The normalized spacial score (nSPS) is 15.5. The van der Waals surface area contributed by atoms with Gasteiger partial charge < -0.3 is 23.9 Å². The van der Waals surface area contributed by atoms with E-state index in [2.05, 4.69) is 166 Å². The van der Waals surface area contributed by atoms with E-state index in [-0.39, 0.29) is 87.2 Å². The molecule has 51 heavy (non-hydrogen) atoms. The molecule has 1 saturated heterocycles. The summed E-state index contributed by atoms with van der Waals surface area (Å²) in [4.78, 5) is 49.1. The minimum Gasteiger partial charge on any atom is -0.858 e. The van der Waals surface area contributed by atoms with Crippen LogP contribution in [0.2, 0.25) is 66.5 Å². The van der Waals surface area contributed by atoms with E-state index in [9.17, 15) is 19.2 Å². The second-order valence-electron chi connectivity index (χ2n) is 23.5. The summed E-state index contributed by atoms with van der Waals surface area (Å²) in [6.45, 7) is 59.4. The largest absolute Gasteiger partial charge is 3.00 e. The molecule has 0 N–H and O–H groups in total. The zero-order chi connectivity index (χ0) is 41.5. The maximum atomic E-state index is 12.3. The van der Waals surface area contributed by atoms with Crippen LogP contribution in [0.5, 0.6) is 0 Å². The monoisotopic (exact) mass is 840 g/mol. The van der Waals surface area contributed by atoms with Crippen LogP contribution >= 0.6 is 0 Å². The molecule has 0 aromatic carbocycles. The van der Waals surface area contributed by atoms with Gasteiger partial charge >= 0.3 is 46.9 Å². The van der Waals surface area contributed by atoms with E-state index in [1.807, 2.05) is 26.2 Å². The Bertz CT molecular complexity index is 710. The average molecular weight is 841 g/mol. The van der Waals surface area contributed by atoms with E-state index in [1.54, 1.807) is 0 Å². The third kappa shape index (κ3) is 21.0. The Morgan fingerprint density at radius 1 is 0.314 bits per heavy atom. The van der Waals surface area contributed by atoms with Gasteiger partial charge in [-0.1, -0.05) is 233 Å². The summed E-state index contributed by atoms with van der Waals surface area (Å²) >= 11 is 0. The van der Waals surface area contributed by atoms with Crippen molar-refractivity contribution in [1.82, 2.24) is 0 Å². The quantitative estimate of drug-likeness (QED) is 0.231. The number of hydrogen-bond donors (Lipinski definition) is 0. The van der Waals surface area contributed by atoms with Gasteiger partial charge in [-0.25, -0.2) is 0 Å². The third-order valence-corrected chi connectivity index (χ3v) is 35.2. The smallest absolute Gasteiger partial charge is 0.858 e. The van der Waals surface area contributed by atoms with Gasteiger partial charge in [0.15, 0.2) is 0 Å². The van der Waals surface area contributed by atoms with E-state index < -0.39 is 33.3 Å². The molecule has 0 unspecified atom stereocenters. The van der Waals surface area contributed by atoms with Crippen LogP contribution in [0.3, 0.4) is 0 Å². The van der Waals surface area contributed by atoms with Crippen molar-refractivity contribution in [2.75, 3.05) is 13.2 Å². The molecule has 1 aliphatic rings. The molecular weight excluding hydrogens is 748 g/mol. The van der Waals surface area contributed by atoms with Crippen molar-refractivity contribution < 1.29 is 70.8 Å². The summed E-state index contributed by atoms with van der Waals surface area (Å²) in [5.74, 6) is 0. The van der Waals surface area contributed by atoms with Crippen LogP contribution in [0.15, 0.2) is 0 Å². The second kappa shape index (κ2) is 21.8. The van der Waals surface area contributed by atoms with Crippen molar-refractivity contribution in [1.29, 1.82) is 0 Å². The second-order valence-corrected chi connectivity index (χ2v) is 43.7. The zero-order valence-electron chi connectivity index (χ0n) is 40.3. The molecule has 0 atom stereocenters. The Morgan fingerprint density at radius 2 is 0.412 bits per heavy atom. The summed E-state index contributed by atoms with van der Waals surface area (Å²) in [5.41, 5.74) is 0. The Morgan fingerprint density at radius 3 is 0.431 bits per heavy atom. The summed E-state index contributed by atoms with van der Waals surface area (Å²) in [6.07, 6.45) is 2.56. The van der Waals surface area contributed by atoms with Gasteiger partial charge in [-0.05, 0) is 46.1 Å². The Kier molecular flexibility index (Phi) is 27.8. The fourth-order valence-electron chi connectivity index (χ4n) is 5.01. The van der Waals surface area contributed by atoms with E-state index in [1.165, 1.54) is 12.8 Å². The van der Waals surface area contributed by atoms with E-state index in [4.69, 9.17) is 4.74 Å². The molecular formula is C40H92CrNaO5Si4. The number of hydrogen-bond acceptors (Lipinski definition) is 5. The number of rotatable bonds is 0. The fourth-order valence-corrected chi connectivity index (χ4v) is 14.0. The van der Waals surface area contributed by atoms with E-state index in [0.717, 1.165) is 13.2 Å². The van der Waals surface area contributed by atoms with Gasteiger partial charge in [-0.3, -0.25) is 0 Å². The van der Waals surface area contributed by atoms with Crippen LogP contribution in [0.25, 0.3) is 0 Å². The van der Waals surface area contributed by atoms with Crippen LogP contribution in [-0.4, -0.2) is 46.5 Å². The molecule has 1 fully saturated rings. The summed E-state index contributed by atoms with van der Waals surface area (Å²) < 4.78 is 4.94. The maximum Gasteiger partial charge on any atom is 3.00 e. The molecule has 0 amide bonds. The van der Waals surface area contributed by atoms with Crippen molar-refractivity contribution in [3.8, 4) is 0 Å². The minimum absolute atomic E-state index is 0. The van der Waals surface area contributed by atoms with E-state index >= 15 is 0 Å². The Balaban J connectivity index is -0.000000125. The third-order valence-electron chi connectivity index (χ3n) is 12.3. The predicted octanol–water partition coefficient (Wildman–Crippen LogP) is 7.89. The van der Waals surface area contributed by atoms with Crippen LogP contribution < -0.4 is 48.7 Å². The van der Waals surface area contributed by atoms with Crippen LogP contribution in [-0.2, 0) is 22.1 Å². The molecule has 0 bridgehead atoms. The van der Waals surface area contributed by atoms with Gasteiger partial charge in [-0.15, -0.1) is 0 Å². The Labute approximate surface area is 360 Å². The number of ether oxygens (including phenoxy) is 1. The van der Waals surface area contributed by atoms with Gasteiger partial charge in [0.2, 0.25) is 0 Å². The van der Waals surface area contributed by atoms with Crippen LogP contribution in [0.4, 0.5) is 0 Å². The first-order chi connectivity index (χ1) is 20.5. The topological polar surface area (TPSA) is 101 Å². The molecule has 0 aliphatic carbocycles. The first-order valence-electron chi connectivity index (χ1n) is 18.9. The van der Waals surface area contributed by atoms with Crippen molar-refractivity contribution in [3.05, 3.63) is 0 Å². The molecule has 0 saturated carbocycles. The van der Waals surface area contributed by atoms with Crippen molar-refractivity contribution in [3.63, 3.8) is 0 Å². The van der Waals surface area contributed by atoms with Crippen molar-refractivity contribution in [2.24, 2.45) is 0 Å². The molecule has 0 spiro atoms. The average Bonchev–Trinajstić information content (AvgIpc) is 3.34. The van der Waals surface area contributed by atoms with Gasteiger partial charge in [0.25, 0.3) is 0 Å². The summed E-state index contributed by atoms with van der Waals surface area (Å²) in [6, 6.07) is 0. The molecule has 5 nitrogen and oxygen atoms in total. The molecule has 1 heterocycles. The van der Waals surface area contributed by atoms with Crippen molar-refractivity contribution >= 4 is 33.3 Å². The Hall–Kier alpha value is 2.20. The summed E-state index contributed by atoms with van der Waals surface area (Å²) in [7, 11) is -9.43. The molecule has 0 aromatic heterocycles. The molecule has 11 heteroatoms. The van der Waals surface area contributed by atoms with E-state index in [0.29, 0.717) is 0 Å². The van der Waals surface area contributed by atoms with Crippen LogP contribution in [0, 0.1) is 0 Å². The zero-order valence-corrected chi connectivity index (χ0v) is 47.6. The molecule has 305 valence electrons. The van der Waals surface area contributed by atoms with Gasteiger partial charge in [0, 0.05) is 13.2 Å².